The minimum absolute atomic E-state index is 0.0359. The summed E-state index contributed by atoms with van der Waals surface area (Å²) in [5.74, 6) is -1.38. The molecule has 136 valence electrons. The molecule has 1 aliphatic rings. The summed E-state index contributed by atoms with van der Waals surface area (Å²) in [6, 6.07) is 8.55. The number of rotatable bonds is 2. The highest BCUT2D eigenvalue weighted by atomic mass is 32.2. The zero-order valence-corrected chi connectivity index (χ0v) is 14.5. The van der Waals surface area contributed by atoms with E-state index in [0.29, 0.717) is 5.56 Å². The highest BCUT2D eigenvalue weighted by Gasteiger charge is 2.10. The fraction of sp³-hybridized carbons (Fsp3) is 0.333. The molecule has 7 heteroatoms. The van der Waals surface area contributed by atoms with Gasteiger partial charge in [0.2, 0.25) is 10.0 Å². The molecule has 3 N–H and O–H groups in total. The summed E-state index contributed by atoms with van der Waals surface area (Å²) in [7, 11) is -3.77. The summed E-state index contributed by atoms with van der Waals surface area (Å²) in [4.78, 5) is -0.0613. The molecule has 25 heavy (non-hydrogen) atoms. The van der Waals surface area contributed by atoms with Crippen LogP contribution in [0.2, 0.25) is 0 Å². The molecule has 0 amide bonds. The molecule has 0 aromatic heterocycles. The minimum atomic E-state index is -3.77. The topological polar surface area (TPSA) is 80.4 Å². The van der Waals surface area contributed by atoms with Crippen LogP contribution in [0.15, 0.2) is 47.4 Å². The van der Waals surface area contributed by atoms with Crippen molar-refractivity contribution in [2.75, 3.05) is 0 Å². The van der Waals surface area contributed by atoms with E-state index in [0.717, 1.165) is 25.0 Å². The summed E-state index contributed by atoms with van der Waals surface area (Å²) < 4.78 is 48.3. The Bertz CT molecular complexity index is 802. The van der Waals surface area contributed by atoms with Crippen LogP contribution in [0.25, 0.3) is 11.1 Å². The van der Waals surface area contributed by atoms with E-state index >= 15 is 0 Å². The Morgan fingerprint density at radius 3 is 2.00 bits per heavy atom. The third-order valence-corrected chi connectivity index (χ3v) is 4.93. The van der Waals surface area contributed by atoms with Gasteiger partial charge in [0.15, 0.2) is 0 Å². The lowest BCUT2D eigenvalue weighted by molar-refractivity contribution is 0.130. The van der Waals surface area contributed by atoms with E-state index in [9.17, 15) is 17.2 Å². The molecule has 0 spiro atoms. The molecule has 2 aromatic carbocycles. The van der Waals surface area contributed by atoms with Crippen molar-refractivity contribution in [2.24, 2.45) is 5.14 Å². The summed E-state index contributed by atoms with van der Waals surface area (Å²) in [5.41, 5.74) is 0.636. The van der Waals surface area contributed by atoms with Gasteiger partial charge in [-0.25, -0.2) is 22.3 Å². The van der Waals surface area contributed by atoms with E-state index in [1.54, 1.807) is 0 Å². The van der Waals surface area contributed by atoms with Gasteiger partial charge in [0, 0.05) is 11.6 Å². The molecule has 0 heterocycles. The first-order valence-corrected chi connectivity index (χ1v) is 9.58. The van der Waals surface area contributed by atoms with Gasteiger partial charge in [-0.1, -0.05) is 31.4 Å². The van der Waals surface area contributed by atoms with Crippen molar-refractivity contribution < 1.29 is 22.3 Å². The van der Waals surface area contributed by atoms with Crippen LogP contribution in [0, 0.1) is 11.6 Å². The van der Waals surface area contributed by atoms with E-state index in [4.69, 9.17) is 10.2 Å². The Morgan fingerprint density at radius 2 is 1.56 bits per heavy atom. The van der Waals surface area contributed by atoms with Crippen LogP contribution in [0.4, 0.5) is 8.78 Å². The molecule has 0 aliphatic heterocycles. The minimum Gasteiger partial charge on any atom is -0.393 e. The molecular weight excluding hydrogens is 348 g/mol. The van der Waals surface area contributed by atoms with Gasteiger partial charge in [0.25, 0.3) is 0 Å². The van der Waals surface area contributed by atoms with Crippen molar-refractivity contribution in [1.29, 1.82) is 0 Å². The standard InChI is InChI=1S/C12H9F2NO2S.C6H12O/c13-9-3-6-11(12(14)7-9)8-1-4-10(5-2-8)18(15,16)17;7-6-4-2-1-3-5-6/h1-7H,(H2,15,16,17);6-7H,1-5H2. The average molecular weight is 369 g/mol. The van der Waals surface area contributed by atoms with Gasteiger partial charge in [0.05, 0.1) is 11.0 Å². The maximum absolute atomic E-state index is 13.5. The highest BCUT2D eigenvalue weighted by molar-refractivity contribution is 7.89. The van der Waals surface area contributed by atoms with Gasteiger partial charge in [-0.2, -0.15) is 0 Å². The van der Waals surface area contributed by atoms with Crippen molar-refractivity contribution in [3.8, 4) is 11.1 Å². The van der Waals surface area contributed by atoms with E-state index in [1.165, 1.54) is 49.6 Å². The van der Waals surface area contributed by atoms with Crippen molar-refractivity contribution >= 4 is 10.0 Å². The summed E-state index contributed by atoms with van der Waals surface area (Å²) in [5, 5.41) is 13.9. The van der Waals surface area contributed by atoms with Crippen molar-refractivity contribution in [2.45, 2.75) is 43.1 Å². The largest absolute Gasteiger partial charge is 0.393 e. The lowest BCUT2D eigenvalue weighted by Gasteiger charge is -2.14. The van der Waals surface area contributed by atoms with Gasteiger partial charge >= 0.3 is 0 Å². The third kappa shape index (κ3) is 5.88. The fourth-order valence-electron chi connectivity index (χ4n) is 2.63. The second kappa shape index (κ2) is 8.51. The van der Waals surface area contributed by atoms with Gasteiger partial charge in [0.1, 0.15) is 11.6 Å². The van der Waals surface area contributed by atoms with Crippen LogP contribution in [0.5, 0.6) is 0 Å². The predicted molar refractivity (Wildman–Crippen MR) is 92.3 cm³/mol. The highest BCUT2D eigenvalue weighted by Crippen LogP contribution is 2.24. The Hall–Kier alpha value is -1.83. The normalized spacial score (nSPS) is 15.4. The number of hydrogen-bond acceptors (Lipinski definition) is 3. The second-order valence-corrected chi connectivity index (χ2v) is 7.55. The lowest BCUT2D eigenvalue weighted by Crippen LogP contribution is -2.11. The zero-order valence-electron chi connectivity index (χ0n) is 13.7. The molecule has 0 saturated heterocycles. The van der Waals surface area contributed by atoms with Crippen LogP contribution < -0.4 is 5.14 Å². The van der Waals surface area contributed by atoms with Crippen LogP contribution in [-0.2, 0) is 10.0 Å². The molecule has 2 aromatic rings. The van der Waals surface area contributed by atoms with Crippen LogP contribution in [0.3, 0.4) is 0 Å². The molecular formula is C18H21F2NO3S. The molecule has 1 saturated carbocycles. The van der Waals surface area contributed by atoms with Gasteiger partial charge < -0.3 is 5.11 Å². The second-order valence-electron chi connectivity index (χ2n) is 5.99. The molecule has 0 atom stereocenters. The summed E-state index contributed by atoms with van der Waals surface area (Å²) in [6.07, 6.45) is 5.92. The van der Waals surface area contributed by atoms with Crippen molar-refractivity contribution in [1.82, 2.24) is 0 Å². The number of sulfonamides is 1. The van der Waals surface area contributed by atoms with Gasteiger partial charge in [-0.15, -0.1) is 0 Å². The average Bonchev–Trinajstić information content (AvgIpc) is 2.55. The van der Waals surface area contributed by atoms with Crippen LogP contribution >= 0.6 is 0 Å². The molecule has 1 fully saturated rings. The fourth-order valence-corrected chi connectivity index (χ4v) is 3.14. The number of aliphatic hydroxyl groups is 1. The van der Waals surface area contributed by atoms with Crippen molar-refractivity contribution in [3.05, 3.63) is 54.1 Å². The van der Waals surface area contributed by atoms with Crippen molar-refractivity contribution in [3.63, 3.8) is 0 Å². The Labute approximate surface area is 146 Å². The van der Waals surface area contributed by atoms with Crippen LogP contribution in [0.1, 0.15) is 32.1 Å². The maximum atomic E-state index is 13.5. The first kappa shape index (κ1) is 19.5. The number of primary sulfonamides is 1. The van der Waals surface area contributed by atoms with Gasteiger partial charge in [-0.05, 0) is 42.7 Å². The first-order chi connectivity index (χ1) is 11.8. The number of halogens is 2. The smallest absolute Gasteiger partial charge is 0.238 e. The van der Waals surface area contributed by atoms with E-state index in [2.05, 4.69) is 0 Å². The predicted octanol–water partition coefficient (Wildman–Crippen LogP) is 3.59. The van der Waals surface area contributed by atoms with E-state index in [-0.39, 0.29) is 16.6 Å². The monoisotopic (exact) mass is 369 g/mol. The quantitative estimate of drug-likeness (QED) is 0.849. The molecule has 3 rings (SSSR count). The molecule has 0 unspecified atom stereocenters. The Morgan fingerprint density at radius 1 is 0.960 bits per heavy atom. The number of benzene rings is 2. The molecule has 1 aliphatic carbocycles. The first-order valence-electron chi connectivity index (χ1n) is 8.04. The number of nitrogens with two attached hydrogens (primary N) is 1. The molecule has 0 bridgehead atoms. The summed E-state index contributed by atoms with van der Waals surface area (Å²) in [6.45, 7) is 0. The zero-order chi connectivity index (χ0) is 18.4. The molecule has 0 radical (unpaired) electrons. The molecule has 4 nitrogen and oxygen atoms in total. The number of aliphatic hydroxyl groups excluding tert-OH is 1. The lowest BCUT2D eigenvalue weighted by atomic mass is 9.98. The maximum Gasteiger partial charge on any atom is 0.238 e. The van der Waals surface area contributed by atoms with Gasteiger partial charge in [-0.3, -0.25) is 0 Å². The van der Waals surface area contributed by atoms with Crippen LogP contribution in [-0.4, -0.2) is 19.6 Å². The van der Waals surface area contributed by atoms with E-state index in [1.807, 2.05) is 0 Å². The SMILES string of the molecule is NS(=O)(=O)c1ccc(-c2ccc(F)cc2F)cc1.OC1CCCCC1. The van der Waals surface area contributed by atoms with E-state index < -0.39 is 21.7 Å². The Balaban J connectivity index is 0.000000269. The Kier molecular flexibility index (Phi) is 6.64. The number of hydrogen-bond donors (Lipinski definition) is 2. The summed E-state index contributed by atoms with van der Waals surface area (Å²) >= 11 is 0. The third-order valence-electron chi connectivity index (χ3n) is 4.00.